The maximum Gasteiger partial charge on any atom is 0.263 e. The average Bonchev–Trinajstić information content (AvgIpc) is 3.47. The maximum absolute atomic E-state index is 13.1. The number of anilines is 1. The van der Waals surface area contributed by atoms with Gasteiger partial charge in [0, 0.05) is 10.5 Å². The molecule has 1 fully saturated rings. The van der Waals surface area contributed by atoms with Gasteiger partial charge in [0.2, 0.25) is 11.7 Å². The first-order chi connectivity index (χ1) is 15.0. The fourth-order valence-electron chi connectivity index (χ4n) is 3.72. The molecule has 9 nitrogen and oxygen atoms in total. The molecule has 0 radical (unpaired) electrons. The van der Waals surface area contributed by atoms with Crippen molar-refractivity contribution in [2.75, 3.05) is 11.2 Å². The van der Waals surface area contributed by atoms with E-state index in [0.717, 1.165) is 16.0 Å². The van der Waals surface area contributed by atoms with Crippen molar-refractivity contribution in [1.82, 2.24) is 15.1 Å². The smallest absolute Gasteiger partial charge is 0.263 e. The van der Waals surface area contributed by atoms with Crippen LogP contribution in [0.15, 0.2) is 68.3 Å². The van der Waals surface area contributed by atoms with E-state index < -0.39 is 12.1 Å². The molecule has 0 spiro atoms. The monoisotopic (exact) mass is 434 g/mol. The van der Waals surface area contributed by atoms with Crippen LogP contribution >= 0.6 is 11.8 Å². The van der Waals surface area contributed by atoms with E-state index in [1.54, 1.807) is 6.07 Å². The van der Waals surface area contributed by atoms with Gasteiger partial charge in [-0.1, -0.05) is 40.2 Å². The Bertz CT molecular complexity index is 1210. The first-order valence-electron chi connectivity index (χ1n) is 9.64. The van der Waals surface area contributed by atoms with E-state index in [0.29, 0.717) is 17.4 Å². The van der Waals surface area contributed by atoms with Crippen LogP contribution in [0.2, 0.25) is 0 Å². The van der Waals surface area contributed by atoms with Crippen molar-refractivity contribution in [3.05, 3.63) is 60.0 Å². The standard InChI is InChI=1S/C21H18N6O3S/c1-12-5-3-6-13(9-12)19-22-16(30-24-19)11-26-18-17(23-25-26)20(28)27(21(18)29)14-7-4-8-15(10-14)31-2/h3-10,17-18H,11H2,1-2H3. The molecule has 2 aliphatic heterocycles. The Morgan fingerprint density at radius 3 is 2.74 bits per heavy atom. The highest BCUT2D eigenvalue weighted by Gasteiger charge is 2.55. The van der Waals surface area contributed by atoms with Gasteiger partial charge in [-0.2, -0.15) is 10.1 Å². The summed E-state index contributed by atoms with van der Waals surface area (Å²) in [6.07, 6.45) is 1.94. The Labute approximate surface area is 182 Å². The summed E-state index contributed by atoms with van der Waals surface area (Å²) in [6, 6.07) is 13.4. The highest BCUT2D eigenvalue weighted by molar-refractivity contribution is 7.98. The van der Waals surface area contributed by atoms with Gasteiger partial charge in [0.05, 0.1) is 5.69 Å². The molecule has 2 amide bonds. The minimum Gasteiger partial charge on any atom is -0.337 e. The van der Waals surface area contributed by atoms with Crippen LogP contribution < -0.4 is 4.90 Å². The molecule has 1 saturated heterocycles. The third-order valence-electron chi connectivity index (χ3n) is 5.21. The van der Waals surface area contributed by atoms with Crippen molar-refractivity contribution in [2.45, 2.75) is 30.4 Å². The van der Waals surface area contributed by atoms with E-state index in [1.807, 2.05) is 55.6 Å². The second-order valence-electron chi connectivity index (χ2n) is 7.29. The summed E-state index contributed by atoms with van der Waals surface area (Å²) >= 11 is 1.54. The molecule has 2 aliphatic rings. The first-order valence-corrected chi connectivity index (χ1v) is 10.9. The van der Waals surface area contributed by atoms with Gasteiger partial charge in [-0.15, -0.1) is 11.8 Å². The van der Waals surface area contributed by atoms with Crippen molar-refractivity contribution in [3.8, 4) is 11.4 Å². The van der Waals surface area contributed by atoms with Crippen molar-refractivity contribution in [3.63, 3.8) is 0 Å². The normalized spacial score (nSPS) is 20.1. The van der Waals surface area contributed by atoms with E-state index in [-0.39, 0.29) is 18.4 Å². The summed E-state index contributed by atoms with van der Waals surface area (Å²) in [5.41, 5.74) is 2.45. The Kier molecular flexibility index (Phi) is 4.78. The first kappa shape index (κ1) is 19.4. The van der Waals surface area contributed by atoms with Crippen molar-refractivity contribution >= 4 is 29.3 Å². The largest absolute Gasteiger partial charge is 0.337 e. The van der Waals surface area contributed by atoms with Crippen LogP contribution in [0.25, 0.3) is 11.4 Å². The number of aryl methyl sites for hydroxylation is 1. The minimum atomic E-state index is -0.871. The molecule has 2 atom stereocenters. The summed E-state index contributed by atoms with van der Waals surface area (Å²) in [4.78, 5) is 32.6. The second kappa shape index (κ2) is 7.62. The van der Waals surface area contributed by atoms with Gasteiger partial charge in [0.25, 0.3) is 11.8 Å². The Morgan fingerprint density at radius 2 is 1.94 bits per heavy atom. The van der Waals surface area contributed by atoms with Crippen LogP contribution in [-0.2, 0) is 16.1 Å². The zero-order valence-electron chi connectivity index (χ0n) is 16.8. The van der Waals surface area contributed by atoms with E-state index >= 15 is 0 Å². The number of nitrogens with zero attached hydrogens (tertiary/aromatic N) is 6. The number of carbonyl (C=O) groups is 2. The second-order valence-corrected chi connectivity index (χ2v) is 8.17. The van der Waals surface area contributed by atoms with E-state index in [4.69, 9.17) is 4.52 Å². The topological polar surface area (TPSA) is 104 Å². The number of benzene rings is 2. The zero-order chi connectivity index (χ0) is 21.5. The number of hydrogen-bond acceptors (Lipinski definition) is 9. The lowest BCUT2D eigenvalue weighted by atomic mass is 10.1. The van der Waals surface area contributed by atoms with Gasteiger partial charge in [-0.25, -0.2) is 4.90 Å². The van der Waals surface area contributed by atoms with E-state index in [9.17, 15) is 9.59 Å². The average molecular weight is 434 g/mol. The molecule has 0 saturated carbocycles. The lowest BCUT2D eigenvalue weighted by Crippen LogP contribution is -2.39. The van der Waals surface area contributed by atoms with Crippen LogP contribution in [0.1, 0.15) is 11.5 Å². The fourth-order valence-corrected chi connectivity index (χ4v) is 4.17. The highest BCUT2D eigenvalue weighted by Crippen LogP contribution is 2.34. The fraction of sp³-hybridized carbons (Fsp3) is 0.238. The quantitative estimate of drug-likeness (QED) is 0.448. The highest BCUT2D eigenvalue weighted by atomic mass is 32.2. The third-order valence-corrected chi connectivity index (χ3v) is 5.94. The maximum atomic E-state index is 13.1. The zero-order valence-corrected chi connectivity index (χ0v) is 17.6. The molecule has 31 heavy (non-hydrogen) atoms. The molecule has 156 valence electrons. The molecular formula is C21H18N6O3S. The molecule has 2 unspecified atom stereocenters. The molecule has 10 heteroatoms. The summed E-state index contributed by atoms with van der Waals surface area (Å²) in [7, 11) is 0. The third kappa shape index (κ3) is 3.38. The molecule has 2 aromatic carbocycles. The molecule has 1 aromatic heterocycles. The van der Waals surface area contributed by atoms with Gasteiger partial charge < -0.3 is 4.52 Å². The Balaban J connectivity index is 1.37. The Morgan fingerprint density at radius 1 is 1.10 bits per heavy atom. The van der Waals surface area contributed by atoms with Crippen LogP contribution in [0.5, 0.6) is 0 Å². The predicted octanol–water partition coefficient (Wildman–Crippen LogP) is 3.26. The number of hydrogen-bond donors (Lipinski definition) is 0. The van der Waals surface area contributed by atoms with Crippen LogP contribution in [-0.4, -0.2) is 45.3 Å². The molecule has 0 aliphatic carbocycles. The number of carbonyl (C=O) groups excluding carboxylic acids is 2. The van der Waals surface area contributed by atoms with Gasteiger partial charge >= 0.3 is 0 Å². The summed E-state index contributed by atoms with van der Waals surface area (Å²) in [6.45, 7) is 2.07. The van der Waals surface area contributed by atoms with Crippen molar-refractivity contribution in [1.29, 1.82) is 0 Å². The molecule has 3 heterocycles. The van der Waals surface area contributed by atoms with Gasteiger partial charge in [0.15, 0.2) is 12.1 Å². The van der Waals surface area contributed by atoms with Gasteiger partial charge in [-0.05, 0) is 37.4 Å². The SMILES string of the molecule is CSc1cccc(N2C(=O)C3N=NN(Cc4nc(-c5cccc(C)c5)no4)C3C2=O)c1. The van der Waals surface area contributed by atoms with E-state index in [2.05, 4.69) is 20.5 Å². The predicted molar refractivity (Wildman–Crippen MR) is 113 cm³/mol. The minimum absolute atomic E-state index is 0.0845. The lowest BCUT2D eigenvalue weighted by Gasteiger charge is -2.19. The Hall–Kier alpha value is -3.53. The number of amides is 2. The van der Waals surface area contributed by atoms with Crippen LogP contribution in [0, 0.1) is 6.92 Å². The molecule has 0 N–H and O–H groups in total. The van der Waals surface area contributed by atoms with Crippen molar-refractivity contribution < 1.29 is 14.1 Å². The molecule has 5 rings (SSSR count). The van der Waals surface area contributed by atoms with E-state index in [1.165, 1.54) is 21.7 Å². The van der Waals surface area contributed by atoms with Crippen molar-refractivity contribution in [2.24, 2.45) is 10.3 Å². The molecule has 3 aromatic rings. The van der Waals surface area contributed by atoms with Crippen LogP contribution in [0.3, 0.4) is 0 Å². The summed E-state index contributed by atoms with van der Waals surface area (Å²) < 4.78 is 5.36. The number of fused-ring (bicyclic) bond motifs is 1. The molecular weight excluding hydrogens is 416 g/mol. The summed E-state index contributed by atoms with van der Waals surface area (Å²) in [5.74, 6) is -0.00272. The lowest BCUT2D eigenvalue weighted by molar-refractivity contribution is -0.123. The molecule has 0 bridgehead atoms. The number of thioether (sulfide) groups is 1. The number of aromatic nitrogens is 2. The van der Waals surface area contributed by atoms with Gasteiger partial charge in [0.1, 0.15) is 6.54 Å². The van der Waals surface area contributed by atoms with Gasteiger partial charge in [-0.3, -0.25) is 14.6 Å². The number of rotatable bonds is 5. The number of imide groups is 1. The summed E-state index contributed by atoms with van der Waals surface area (Å²) in [5, 5.41) is 13.5. The van der Waals surface area contributed by atoms with Crippen LogP contribution in [0.4, 0.5) is 5.69 Å².